The lowest BCUT2D eigenvalue weighted by Gasteiger charge is -2.29. The Bertz CT molecular complexity index is 220. The van der Waals surface area contributed by atoms with Crippen LogP contribution in [0.3, 0.4) is 0 Å². The number of rotatable bonds is 4. The van der Waals surface area contributed by atoms with Crippen molar-refractivity contribution in [1.29, 1.82) is 0 Å². The lowest BCUT2D eigenvalue weighted by Crippen LogP contribution is -2.45. The molecule has 0 bridgehead atoms. The van der Waals surface area contributed by atoms with Crippen LogP contribution in [-0.4, -0.2) is 47.8 Å². The van der Waals surface area contributed by atoms with Gasteiger partial charge in [0.15, 0.2) is 0 Å². The van der Waals surface area contributed by atoms with E-state index in [0.717, 1.165) is 13.0 Å². The largest absolute Gasteiger partial charge is 0.465 e. The Morgan fingerprint density at radius 1 is 1.67 bits per heavy atom. The van der Waals surface area contributed by atoms with Crippen LogP contribution in [0.25, 0.3) is 0 Å². The monoisotopic (exact) mass is 215 g/mol. The fraction of sp³-hybridized carbons (Fsp3) is 0.909. The second-order valence-electron chi connectivity index (χ2n) is 4.18. The van der Waals surface area contributed by atoms with Crippen LogP contribution >= 0.6 is 0 Å². The molecule has 4 nitrogen and oxygen atoms in total. The minimum Gasteiger partial charge on any atom is -0.465 e. The Morgan fingerprint density at radius 2 is 2.33 bits per heavy atom. The van der Waals surface area contributed by atoms with Gasteiger partial charge in [-0.3, -0.25) is 9.69 Å². The number of likely N-dealkylation sites (tertiary alicyclic amines) is 1. The maximum absolute atomic E-state index is 11.6. The molecule has 3 atom stereocenters. The first kappa shape index (κ1) is 12.5. The van der Waals surface area contributed by atoms with Gasteiger partial charge in [0, 0.05) is 6.04 Å². The van der Waals surface area contributed by atoms with Gasteiger partial charge in [0.05, 0.1) is 13.2 Å². The third-order valence-electron chi connectivity index (χ3n) is 3.24. The average molecular weight is 215 g/mol. The average Bonchev–Trinajstić information content (AvgIpc) is 2.58. The molecule has 4 heteroatoms. The molecule has 15 heavy (non-hydrogen) atoms. The van der Waals surface area contributed by atoms with Gasteiger partial charge in [-0.15, -0.1) is 0 Å². The summed E-state index contributed by atoms with van der Waals surface area (Å²) in [5, 5.41) is 9.27. The summed E-state index contributed by atoms with van der Waals surface area (Å²) in [4.78, 5) is 13.6. The highest BCUT2D eigenvalue weighted by Crippen LogP contribution is 2.25. The van der Waals surface area contributed by atoms with Gasteiger partial charge in [0.25, 0.3) is 0 Å². The van der Waals surface area contributed by atoms with Crippen LogP contribution in [0.2, 0.25) is 0 Å². The van der Waals surface area contributed by atoms with Crippen molar-refractivity contribution in [3.8, 4) is 0 Å². The van der Waals surface area contributed by atoms with Crippen LogP contribution in [0.5, 0.6) is 0 Å². The third-order valence-corrected chi connectivity index (χ3v) is 3.24. The molecule has 1 heterocycles. The minimum absolute atomic E-state index is 0.101. The molecule has 0 amide bonds. The highest BCUT2D eigenvalue weighted by Gasteiger charge is 2.36. The fourth-order valence-electron chi connectivity index (χ4n) is 2.20. The molecule has 0 aliphatic carbocycles. The zero-order valence-corrected chi connectivity index (χ0v) is 9.77. The zero-order valence-electron chi connectivity index (χ0n) is 9.77. The molecule has 1 rings (SSSR count). The molecule has 1 N–H and O–H groups in total. The predicted molar refractivity (Wildman–Crippen MR) is 57.5 cm³/mol. The molecule has 0 aromatic carbocycles. The lowest BCUT2D eigenvalue weighted by atomic mass is 10.0. The molecule has 0 saturated carbocycles. The van der Waals surface area contributed by atoms with E-state index >= 15 is 0 Å². The first-order chi connectivity index (χ1) is 7.11. The maximum Gasteiger partial charge on any atom is 0.323 e. The molecule has 0 spiro atoms. The van der Waals surface area contributed by atoms with Crippen LogP contribution in [0, 0.1) is 5.92 Å². The van der Waals surface area contributed by atoms with E-state index in [1.165, 1.54) is 0 Å². The van der Waals surface area contributed by atoms with Crippen LogP contribution in [-0.2, 0) is 9.53 Å². The summed E-state index contributed by atoms with van der Waals surface area (Å²) in [5.41, 5.74) is 0. The molecule has 88 valence electrons. The third kappa shape index (κ3) is 2.69. The second kappa shape index (κ2) is 5.47. The van der Waals surface area contributed by atoms with Crippen molar-refractivity contribution in [3.63, 3.8) is 0 Å². The molecule has 0 aromatic rings. The Kier molecular flexibility index (Phi) is 4.54. The van der Waals surface area contributed by atoms with Crippen molar-refractivity contribution in [2.45, 2.75) is 39.3 Å². The van der Waals surface area contributed by atoms with Gasteiger partial charge in [0.2, 0.25) is 0 Å². The van der Waals surface area contributed by atoms with E-state index in [2.05, 4.69) is 6.92 Å². The SMILES string of the molecule is CCOC(=O)C(C)N1CCC(C)C1CO. The Morgan fingerprint density at radius 3 is 2.87 bits per heavy atom. The topological polar surface area (TPSA) is 49.8 Å². The van der Waals surface area contributed by atoms with Gasteiger partial charge in [-0.05, 0) is 32.7 Å². The number of carbonyl (C=O) groups excluding carboxylic acids is 1. The van der Waals surface area contributed by atoms with Gasteiger partial charge in [-0.1, -0.05) is 6.92 Å². The van der Waals surface area contributed by atoms with Gasteiger partial charge in [-0.2, -0.15) is 0 Å². The van der Waals surface area contributed by atoms with E-state index in [9.17, 15) is 9.90 Å². The van der Waals surface area contributed by atoms with Gasteiger partial charge < -0.3 is 9.84 Å². The summed E-state index contributed by atoms with van der Waals surface area (Å²) >= 11 is 0. The summed E-state index contributed by atoms with van der Waals surface area (Å²) in [6.07, 6.45) is 1.04. The first-order valence-electron chi connectivity index (χ1n) is 5.65. The number of hydrogen-bond acceptors (Lipinski definition) is 4. The maximum atomic E-state index is 11.6. The Hall–Kier alpha value is -0.610. The number of esters is 1. The molecular formula is C11H21NO3. The number of aliphatic hydroxyl groups is 1. The smallest absolute Gasteiger partial charge is 0.323 e. The number of nitrogens with zero attached hydrogens (tertiary/aromatic N) is 1. The van der Waals surface area contributed by atoms with E-state index in [0.29, 0.717) is 12.5 Å². The van der Waals surface area contributed by atoms with Crippen LogP contribution in [0.1, 0.15) is 27.2 Å². The molecule has 0 aromatic heterocycles. The molecule has 3 unspecified atom stereocenters. The summed E-state index contributed by atoms with van der Waals surface area (Å²) in [6, 6.07) is -0.142. The van der Waals surface area contributed by atoms with Crippen molar-refractivity contribution < 1.29 is 14.6 Å². The molecule has 1 saturated heterocycles. The number of hydrogen-bond donors (Lipinski definition) is 1. The lowest BCUT2D eigenvalue weighted by molar-refractivity contribution is -0.149. The molecule has 1 aliphatic heterocycles. The first-order valence-corrected chi connectivity index (χ1v) is 5.65. The number of ether oxygens (including phenoxy) is 1. The zero-order chi connectivity index (χ0) is 11.4. The minimum atomic E-state index is -0.243. The second-order valence-corrected chi connectivity index (χ2v) is 4.18. The van der Waals surface area contributed by atoms with Gasteiger partial charge >= 0.3 is 5.97 Å². The van der Waals surface area contributed by atoms with E-state index in [4.69, 9.17) is 4.74 Å². The summed E-state index contributed by atoms with van der Waals surface area (Å²) in [5.74, 6) is 0.261. The van der Waals surface area contributed by atoms with Crippen LogP contribution in [0.4, 0.5) is 0 Å². The van der Waals surface area contributed by atoms with E-state index in [-0.39, 0.29) is 24.7 Å². The molecule has 1 aliphatic rings. The van der Waals surface area contributed by atoms with E-state index < -0.39 is 0 Å². The number of carbonyl (C=O) groups is 1. The van der Waals surface area contributed by atoms with Crippen molar-refractivity contribution in [2.24, 2.45) is 5.92 Å². The van der Waals surface area contributed by atoms with Crippen molar-refractivity contribution in [1.82, 2.24) is 4.90 Å². The molecular weight excluding hydrogens is 194 g/mol. The van der Waals surface area contributed by atoms with E-state index in [1.54, 1.807) is 6.92 Å². The molecule has 0 radical (unpaired) electrons. The van der Waals surface area contributed by atoms with Crippen molar-refractivity contribution >= 4 is 5.97 Å². The van der Waals surface area contributed by atoms with Gasteiger partial charge in [0.1, 0.15) is 6.04 Å². The van der Waals surface area contributed by atoms with Gasteiger partial charge in [-0.25, -0.2) is 0 Å². The van der Waals surface area contributed by atoms with Crippen molar-refractivity contribution in [2.75, 3.05) is 19.8 Å². The van der Waals surface area contributed by atoms with E-state index in [1.807, 2.05) is 11.8 Å². The number of aliphatic hydroxyl groups excluding tert-OH is 1. The highest BCUT2D eigenvalue weighted by molar-refractivity contribution is 5.75. The standard InChI is InChI=1S/C11H21NO3/c1-4-15-11(14)9(3)12-6-5-8(2)10(12)7-13/h8-10,13H,4-7H2,1-3H3. The normalized spacial score (nSPS) is 29.1. The van der Waals surface area contributed by atoms with Crippen LogP contribution < -0.4 is 0 Å². The Balaban J connectivity index is 2.59. The quantitative estimate of drug-likeness (QED) is 0.699. The van der Waals surface area contributed by atoms with Crippen molar-refractivity contribution in [3.05, 3.63) is 0 Å². The summed E-state index contributed by atoms with van der Waals surface area (Å²) < 4.78 is 4.98. The van der Waals surface area contributed by atoms with Crippen LogP contribution in [0.15, 0.2) is 0 Å². The Labute approximate surface area is 91.2 Å². The summed E-state index contributed by atoms with van der Waals surface area (Å²) in [6.45, 7) is 7.16. The predicted octanol–water partition coefficient (Wildman–Crippen LogP) is 0.641. The molecule has 1 fully saturated rings. The highest BCUT2D eigenvalue weighted by atomic mass is 16.5. The fourth-order valence-corrected chi connectivity index (χ4v) is 2.20. The summed E-state index contributed by atoms with van der Waals surface area (Å²) in [7, 11) is 0.